The quantitative estimate of drug-likeness (QED) is 0.344. The van der Waals surface area contributed by atoms with Crippen LogP contribution in [-0.4, -0.2) is 47.1 Å². The Bertz CT molecular complexity index is 1040. The molecule has 0 radical (unpaired) electrons. The number of aromatic hydroxyl groups is 1. The van der Waals surface area contributed by atoms with Crippen LogP contribution in [-0.2, 0) is 14.2 Å². The first-order chi connectivity index (χ1) is 15.6. The highest BCUT2D eigenvalue weighted by atomic mass is 79.9. The molecule has 2 amide bonds. The van der Waals surface area contributed by atoms with E-state index in [2.05, 4.69) is 29.8 Å². The maximum Gasteiger partial charge on any atom is 0.455 e. The summed E-state index contributed by atoms with van der Waals surface area (Å²) < 4.78 is 6.91. The van der Waals surface area contributed by atoms with Crippen molar-refractivity contribution in [3.05, 3.63) is 45.0 Å². The van der Waals surface area contributed by atoms with E-state index in [0.717, 1.165) is 21.2 Å². The van der Waals surface area contributed by atoms with E-state index in [1.807, 2.05) is 19.1 Å². The minimum absolute atomic E-state index is 0.104. The van der Waals surface area contributed by atoms with Gasteiger partial charge >= 0.3 is 7.12 Å². The standard InChI is InChI=1S/C25H31BBrNO5/c1-13(2)17-11-18-23(25(31)28(4)24(18)30)19-12-26(32)33-21(22(17)19)8-5-14(3)9-15-10-16(27)6-7-20(15)29/h6-7,9-10,13,18-19,21,23,29,32H,5,8,11-12H2,1-4H3/b14-9+/t18-,19+,21-,23-/m1/s1. The van der Waals surface area contributed by atoms with Crippen LogP contribution in [0.3, 0.4) is 0 Å². The minimum Gasteiger partial charge on any atom is -0.507 e. The molecule has 0 bridgehead atoms. The number of hydrogen-bond acceptors (Lipinski definition) is 5. The highest BCUT2D eigenvalue weighted by molar-refractivity contribution is 9.10. The number of fused-ring (bicyclic) bond motifs is 3. The van der Waals surface area contributed by atoms with Crippen LogP contribution < -0.4 is 0 Å². The van der Waals surface area contributed by atoms with Crippen molar-refractivity contribution < 1.29 is 24.4 Å². The Morgan fingerprint density at radius 3 is 2.73 bits per heavy atom. The van der Waals surface area contributed by atoms with E-state index in [-0.39, 0.29) is 41.4 Å². The zero-order valence-corrected chi connectivity index (χ0v) is 21.1. The lowest BCUT2D eigenvalue weighted by molar-refractivity contribution is -0.138. The summed E-state index contributed by atoms with van der Waals surface area (Å²) in [5, 5.41) is 20.7. The fourth-order valence-corrected chi connectivity index (χ4v) is 6.12. The van der Waals surface area contributed by atoms with Gasteiger partial charge in [0.15, 0.2) is 0 Å². The third-order valence-corrected chi connectivity index (χ3v) is 7.85. The molecule has 4 rings (SSSR count). The molecule has 2 aliphatic heterocycles. The average molecular weight is 516 g/mol. The number of rotatable bonds is 5. The Labute approximate surface area is 204 Å². The van der Waals surface area contributed by atoms with Gasteiger partial charge in [0.25, 0.3) is 0 Å². The first-order valence-electron chi connectivity index (χ1n) is 11.6. The van der Waals surface area contributed by atoms with Crippen molar-refractivity contribution in [1.29, 1.82) is 0 Å². The number of phenols is 1. The topological polar surface area (TPSA) is 87.1 Å². The Balaban J connectivity index is 1.62. The highest BCUT2D eigenvalue weighted by Gasteiger charge is 2.56. The van der Waals surface area contributed by atoms with E-state index in [4.69, 9.17) is 4.65 Å². The van der Waals surface area contributed by atoms with Crippen molar-refractivity contribution in [3.63, 3.8) is 0 Å². The third-order valence-electron chi connectivity index (χ3n) is 7.35. The van der Waals surface area contributed by atoms with Crippen LogP contribution in [0, 0.1) is 23.7 Å². The summed E-state index contributed by atoms with van der Waals surface area (Å²) >= 11 is 3.44. The number of likely N-dealkylation sites (tertiary alicyclic amines) is 1. The molecule has 2 saturated heterocycles. The number of imide groups is 1. The molecular weight excluding hydrogens is 485 g/mol. The van der Waals surface area contributed by atoms with E-state index in [1.54, 1.807) is 19.2 Å². The van der Waals surface area contributed by atoms with Gasteiger partial charge in [-0.3, -0.25) is 14.5 Å². The van der Waals surface area contributed by atoms with Crippen molar-refractivity contribution in [2.24, 2.45) is 23.7 Å². The molecule has 1 aromatic carbocycles. The largest absolute Gasteiger partial charge is 0.507 e. The molecule has 2 N–H and O–H groups in total. The monoisotopic (exact) mass is 515 g/mol. The van der Waals surface area contributed by atoms with Gasteiger partial charge in [0.2, 0.25) is 11.8 Å². The van der Waals surface area contributed by atoms with Crippen molar-refractivity contribution in [1.82, 2.24) is 4.90 Å². The predicted molar refractivity (Wildman–Crippen MR) is 131 cm³/mol. The van der Waals surface area contributed by atoms with Crippen LogP contribution in [0.15, 0.2) is 39.4 Å². The Morgan fingerprint density at radius 2 is 2.03 bits per heavy atom. The summed E-state index contributed by atoms with van der Waals surface area (Å²) in [6.07, 6.45) is 3.96. The van der Waals surface area contributed by atoms with Crippen molar-refractivity contribution >= 4 is 40.9 Å². The van der Waals surface area contributed by atoms with Crippen molar-refractivity contribution in [2.45, 2.75) is 52.5 Å². The van der Waals surface area contributed by atoms with Gasteiger partial charge in [0, 0.05) is 17.1 Å². The Morgan fingerprint density at radius 1 is 1.30 bits per heavy atom. The molecule has 1 aromatic rings. The summed E-state index contributed by atoms with van der Waals surface area (Å²) in [6.45, 7) is 6.25. The summed E-state index contributed by atoms with van der Waals surface area (Å²) in [5.41, 5.74) is 4.13. The number of amides is 2. The molecule has 0 spiro atoms. The second kappa shape index (κ2) is 9.39. The van der Waals surface area contributed by atoms with E-state index >= 15 is 0 Å². The lowest BCUT2D eigenvalue weighted by atomic mass is 9.57. The molecule has 6 nitrogen and oxygen atoms in total. The molecule has 1 aliphatic carbocycles. The molecule has 176 valence electrons. The molecule has 0 unspecified atom stereocenters. The SMILES string of the molecule is C/C(=C\c1cc(Br)ccc1O)CC[C@H]1OB(O)C[C@H]2C1=C(C(C)C)C[C@H]1C(=O)N(C)C(=O)[C@H]12. The van der Waals surface area contributed by atoms with Gasteiger partial charge in [-0.05, 0) is 68.1 Å². The van der Waals surface area contributed by atoms with Gasteiger partial charge in [-0.25, -0.2) is 0 Å². The maximum atomic E-state index is 12.9. The van der Waals surface area contributed by atoms with Gasteiger partial charge in [0.1, 0.15) is 5.75 Å². The first kappa shape index (κ1) is 24.2. The number of allylic oxidation sites excluding steroid dienone is 2. The average Bonchev–Trinajstić information content (AvgIpc) is 2.97. The zero-order chi connectivity index (χ0) is 24.0. The molecule has 2 fully saturated rings. The zero-order valence-electron chi connectivity index (χ0n) is 19.5. The molecule has 0 saturated carbocycles. The number of hydrogen-bond donors (Lipinski definition) is 2. The molecule has 2 heterocycles. The lowest BCUT2D eigenvalue weighted by Gasteiger charge is -2.44. The fraction of sp³-hybridized carbons (Fsp3) is 0.520. The Hall–Kier alpha value is -1.90. The summed E-state index contributed by atoms with van der Waals surface area (Å²) in [5.74, 6) is -0.698. The van der Waals surface area contributed by atoms with Crippen LogP contribution >= 0.6 is 15.9 Å². The van der Waals surface area contributed by atoms with Gasteiger partial charge < -0.3 is 14.8 Å². The number of phenolic OH excluding ortho intramolecular Hbond substituents is 1. The second-order valence-corrected chi connectivity index (χ2v) is 10.8. The minimum atomic E-state index is -0.955. The van der Waals surface area contributed by atoms with Gasteiger partial charge in [-0.15, -0.1) is 0 Å². The molecule has 3 aliphatic rings. The van der Waals surface area contributed by atoms with E-state index in [9.17, 15) is 19.7 Å². The molecule has 0 aromatic heterocycles. The lowest BCUT2D eigenvalue weighted by Crippen LogP contribution is -2.46. The molecular formula is C25H31BBrNO5. The summed E-state index contributed by atoms with van der Waals surface area (Å²) in [7, 11) is 0.610. The molecule has 4 atom stereocenters. The number of benzene rings is 1. The fourth-order valence-electron chi connectivity index (χ4n) is 5.74. The molecule has 8 heteroatoms. The van der Waals surface area contributed by atoms with Gasteiger partial charge in [-0.2, -0.15) is 0 Å². The smallest absolute Gasteiger partial charge is 0.455 e. The predicted octanol–water partition coefficient (Wildman–Crippen LogP) is 4.42. The van der Waals surface area contributed by atoms with Crippen molar-refractivity contribution in [3.8, 4) is 5.75 Å². The van der Waals surface area contributed by atoms with Crippen LogP contribution in [0.1, 0.15) is 45.6 Å². The Kier molecular flexibility index (Phi) is 6.90. The number of carbonyl (C=O) groups is 2. The third kappa shape index (κ3) is 4.57. The number of halogens is 1. The van der Waals surface area contributed by atoms with E-state index < -0.39 is 13.0 Å². The maximum absolute atomic E-state index is 12.9. The van der Waals surface area contributed by atoms with E-state index in [1.165, 1.54) is 10.5 Å². The second-order valence-electron chi connectivity index (χ2n) is 9.86. The summed E-state index contributed by atoms with van der Waals surface area (Å²) in [4.78, 5) is 27.0. The van der Waals surface area contributed by atoms with Crippen LogP contribution in [0.5, 0.6) is 5.75 Å². The normalized spacial score (nSPS) is 28.0. The summed E-state index contributed by atoms with van der Waals surface area (Å²) in [6, 6.07) is 5.32. The van der Waals surface area contributed by atoms with Crippen LogP contribution in [0.4, 0.5) is 0 Å². The van der Waals surface area contributed by atoms with Gasteiger partial charge in [0.05, 0.1) is 17.9 Å². The molecule has 33 heavy (non-hydrogen) atoms. The first-order valence-corrected chi connectivity index (χ1v) is 12.4. The van der Waals surface area contributed by atoms with Crippen molar-refractivity contribution in [2.75, 3.05) is 7.05 Å². The van der Waals surface area contributed by atoms with E-state index in [0.29, 0.717) is 25.6 Å². The highest BCUT2D eigenvalue weighted by Crippen LogP contribution is 2.51. The number of nitrogens with zero attached hydrogens (tertiary/aromatic N) is 1. The van der Waals surface area contributed by atoms with Crippen LogP contribution in [0.25, 0.3) is 6.08 Å². The van der Waals surface area contributed by atoms with Crippen LogP contribution in [0.2, 0.25) is 6.32 Å². The number of carbonyl (C=O) groups excluding carboxylic acids is 2. The van der Waals surface area contributed by atoms with Gasteiger partial charge in [-0.1, -0.05) is 47.0 Å².